The minimum atomic E-state index is -1.44. The first-order valence-electron chi connectivity index (χ1n) is 17.5. The van der Waals surface area contributed by atoms with E-state index in [9.17, 15) is 30.6 Å². The van der Waals surface area contributed by atoms with Gasteiger partial charge in [0.05, 0.1) is 25.4 Å². The first-order chi connectivity index (χ1) is 21.8. The molecule has 8 rings (SSSR count). The number of hydrogen-bond acceptors (Lipinski definition) is 11. The number of fused-ring (bicyclic) bond motifs is 7. The summed E-state index contributed by atoms with van der Waals surface area (Å²) < 4.78 is 30.5. The lowest BCUT2D eigenvalue weighted by Gasteiger charge is -2.54. The van der Waals surface area contributed by atoms with Crippen LogP contribution in [0.2, 0.25) is 0 Å². The molecular formula is C35H52O11. The number of aliphatic hydroxyl groups is 6. The smallest absolute Gasteiger partial charge is 0.197 e. The second-order valence-corrected chi connectivity index (χ2v) is 16.3. The van der Waals surface area contributed by atoms with Crippen molar-refractivity contribution in [2.24, 2.45) is 34.5 Å². The molecule has 258 valence electrons. The Morgan fingerprint density at radius 2 is 1.74 bits per heavy atom. The lowest BCUT2D eigenvalue weighted by Crippen LogP contribution is -2.60. The number of aliphatic hydroxyl groups excluding tert-OH is 5. The van der Waals surface area contributed by atoms with Crippen molar-refractivity contribution in [2.75, 3.05) is 13.2 Å². The fourth-order valence-electron chi connectivity index (χ4n) is 11.4. The van der Waals surface area contributed by atoms with Gasteiger partial charge in [-0.1, -0.05) is 32.4 Å². The van der Waals surface area contributed by atoms with E-state index in [1.165, 1.54) is 11.1 Å². The molecule has 5 fully saturated rings. The standard InChI is InChI=1S/C35H52O11/c1-16-15-42-34(4)35(16,41)29-28(46-34)24(30(40)45-29)22-8-7-20-19-6-5-17-13-18(9-11-32(17,2)21(19)10-12-33(20,22)3)43-31-27(39)26(38)25(37)23(14-36)44-31/h7,16-18,22-31,36-41H,5-6,8-15H2,1-4H3/t16-,17-,18-,22+,23+,24+,25+,26-,27+,28-,29+,30+,31+,32-,33-,34+,35+/m0/s1. The third-order valence-electron chi connectivity index (χ3n) is 14.3. The quantitative estimate of drug-likeness (QED) is 0.262. The Kier molecular flexibility index (Phi) is 7.55. The Bertz CT molecular complexity index is 1300. The van der Waals surface area contributed by atoms with Gasteiger partial charge in [0, 0.05) is 11.8 Å². The van der Waals surface area contributed by atoms with Crippen molar-refractivity contribution in [2.45, 2.75) is 146 Å². The van der Waals surface area contributed by atoms with Gasteiger partial charge >= 0.3 is 0 Å². The molecule has 0 aromatic carbocycles. The summed E-state index contributed by atoms with van der Waals surface area (Å²) in [6.45, 7) is 8.44. The Morgan fingerprint density at radius 3 is 2.50 bits per heavy atom. The molecule has 8 aliphatic rings. The second-order valence-electron chi connectivity index (χ2n) is 16.3. The van der Waals surface area contributed by atoms with Gasteiger partial charge in [0.15, 0.2) is 24.0 Å². The topological polar surface area (TPSA) is 168 Å². The van der Waals surface area contributed by atoms with Crippen LogP contribution in [0.3, 0.4) is 0 Å². The molecular weight excluding hydrogens is 596 g/mol. The highest BCUT2D eigenvalue weighted by molar-refractivity contribution is 5.50. The normalized spacial score (nSPS) is 57.9. The number of hydrogen-bond donors (Lipinski definition) is 6. The monoisotopic (exact) mass is 648 g/mol. The first-order valence-corrected chi connectivity index (χ1v) is 17.5. The van der Waals surface area contributed by atoms with Crippen LogP contribution in [0.15, 0.2) is 22.8 Å². The fraction of sp³-hybridized carbons (Fsp3) is 0.886. The van der Waals surface area contributed by atoms with Gasteiger partial charge in [-0.05, 0) is 92.1 Å². The van der Waals surface area contributed by atoms with E-state index in [1.807, 2.05) is 13.8 Å². The van der Waals surface area contributed by atoms with E-state index >= 15 is 0 Å². The maximum absolute atomic E-state index is 11.8. The molecule has 6 N–H and O–H groups in total. The molecule has 11 nitrogen and oxygen atoms in total. The van der Waals surface area contributed by atoms with Gasteiger partial charge in [-0.2, -0.15) is 0 Å². The molecule has 0 unspecified atom stereocenters. The van der Waals surface area contributed by atoms with Crippen molar-refractivity contribution < 1.29 is 54.3 Å². The van der Waals surface area contributed by atoms with Gasteiger partial charge in [-0.25, -0.2) is 0 Å². The predicted molar refractivity (Wildman–Crippen MR) is 162 cm³/mol. The molecule has 0 aromatic heterocycles. The summed E-state index contributed by atoms with van der Waals surface area (Å²) in [5, 5.41) is 63.7. The molecule has 0 bridgehead atoms. The number of ether oxygens (including phenoxy) is 5. The van der Waals surface area contributed by atoms with Gasteiger partial charge in [0.2, 0.25) is 0 Å². The summed E-state index contributed by atoms with van der Waals surface area (Å²) >= 11 is 0. The molecule has 17 atom stereocenters. The minimum absolute atomic E-state index is 0.0293. The minimum Gasteiger partial charge on any atom is -0.394 e. The van der Waals surface area contributed by atoms with E-state index in [0.717, 1.165) is 51.4 Å². The van der Waals surface area contributed by atoms with Gasteiger partial charge < -0.3 is 54.3 Å². The van der Waals surface area contributed by atoms with Crippen molar-refractivity contribution in [3.63, 3.8) is 0 Å². The molecule has 46 heavy (non-hydrogen) atoms. The molecule has 4 heterocycles. The average Bonchev–Trinajstić information content (AvgIpc) is 3.67. The fourth-order valence-corrected chi connectivity index (χ4v) is 11.4. The highest BCUT2D eigenvalue weighted by Gasteiger charge is 2.75. The van der Waals surface area contributed by atoms with Crippen LogP contribution >= 0.6 is 0 Å². The van der Waals surface area contributed by atoms with Crippen molar-refractivity contribution >= 4 is 0 Å². The highest BCUT2D eigenvalue weighted by Crippen LogP contribution is 2.66. The van der Waals surface area contributed by atoms with E-state index in [2.05, 4.69) is 19.9 Å². The number of allylic oxidation sites excluding steroid dienone is 4. The van der Waals surface area contributed by atoms with Crippen LogP contribution in [0.5, 0.6) is 0 Å². The van der Waals surface area contributed by atoms with Gasteiger partial charge in [-0.3, -0.25) is 0 Å². The molecule has 0 amide bonds. The third kappa shape index (κ3) is 4.17. The zero-order chi connectivity index (χ0) is 32.6. The van der Waals surface area contributed by atoms with Crippen molar-refractivity contribution in [1.29, 1.82) is 0 Å². The average molecular weight is 649 g/mol. The zero-order valence-corrected chi connectivity index (χ0v) is 27.4. The van der Waals surface area contributed by atoms with E-state index < -0.39 is 67.2 Å². The van der Waals surface area contributed by atoms with E-state index in [-0.39, 0.29) is 34.7 Å². The van der Waals surface area contributed by atoms with Crippen LogP contribution in [0, 0.1) is 34.5 Å². The van der Waals surface area contributed by atoms with Crippen molar-refractivity contribution in [3.8, 4) is 0 Å². The van der Waals surface area contributed by atoms with Crippen molar-refractivity contribution in [1.82, 2.24) is 0 Å². The Labute approximate surface area is 270 Å². The summed E-state index contributed by atoms with van der Waals surface area (Å²) in [6.07, 6.45) is 1.20. The lowest BCUT2D eigenvalue weighted by atomic mass is 9.51. The van der Waals surface area contributed by atoms with E-state index in [1.54, 1.807) is 5.57 Å². The van der Waals surface area contributed by atoms with Crippen LogP contribution in [0.1, 0.15) is 79.1 Å². The highest BCUT2D eigenvalue weighted by atomic mass is 16.8. The maximum atomic E-state index is 11.8. The van der Waals surface area contributed by atoms with Crippen LogP contribution in [-0.2, 0) is 23.7 Å². The van der Waals surface area contributed by atoms with Crippen molar-refractivity contribution in [3.05, 3.63) is 22.8 Å². The summed E-state index contributed by atoms with van der Waals surface area (Å²) in [5.74, 6) is -1.05. The van der Waals surface area contributed by atoms with Crippen LogP contribution < -0.4 is 0 Å². The Morgan fingerprint density at radius 1 is 0.957 bits per heavy atom. The lowest BCUT2D eigenvalue weighted by molar-refractivity contribution is -0.315. The first kappa shape index (κ1) is 32.3. The maximum Gasteiger partial charge on any atom is 0.197 e. The van der Waals surface area contributed by atoms with E-state index in [4.69, 9.17) is 23.7 Å². The molecule has 4 aliphatic heterocycles. The van der Waals surface area contributed by atoms with Crippen LogP contribution in [0.4, 0.5) is 0 Å². The molecule has 4 aliphatic carbocycles. The van der Waals surface area contributed by atoms with Gasteiger partial charge in [0.25, 0.3) is 0 Å². The molecule has 4 saturated heterocycles. The summed E-state index contributed by atoms with van der Waals surface area (Å²) in [5.41, 5.74) is 3.05. The molecule has 0 aromatic rings. The summed E-state index contributed by atoms with van der Waals surface area (Å²) in [7, 11) is 0. The zero-order valence-electron chi connectivity index (χ0n) is 27.4. The van der Waals surface area contributed by atoms with Gasteiger partial charge in [-0.15, -0.1) is 0 Å². The second kappa shape index (κ2) is 10.8. The largest absolute Gasteiger partial charge is 0.394 e. The SMILES string of the molecule is C[C@H]1CO[C@]2(C)O[C@H]3[C@@H]([C@H]4CC=C5C6=C(CC[C@@]54C)[C@@]4(C)CC[C@H](O[C@@H]5O[C@H](CO)[C@@H](O)[C@H](O)[C@H]5O)C[C@@H]4CC6)[C@H](O)O[C@H]3[C@]12O. The number of rotatable bonds is 4. The van der Waals surface area contributed by atoms with E-state index in [0.29, 0.717) is 12.5 Å². The van der Waals surface area contributed by atoms with Crippen LogP contribution in [-0.4, -0.2) is 111 Å². The Balaban J connectivity index is 0.993. The molecule has 1 saturated carbocycles. The predicted octanol–water partition coefficient (Wildman–Crippen LogP) is 1.66. The molecule has 11 heteroatoms. The summed E-state index contributed by atoms with van der Waals surface area (Å²) in [6, 6.07) is 0. The molecule has 0 spiro atoms. The van der Waals surface area contributed by atoms with Gasteiger partial charge in [0.1, 0.15) is 30.5 Å². The van der Waals surface area contributed by atoms with Crippen LogP contribution in [0.25, 0.3) is 0 Å². The Hall–Kier alpha value is -0.960. The molecule has 0 radical (unpaired) electrons. The third-order valence-corrected chi connectivity index (χ3v) is 14.3. The summed E-state index contributed by atoms with van der Waals surface area (Å²) in [4.78, 5) is 0.